The van der Waals surface area contributed by atoms with Crippen molar-refractivity contribution in [3.63, 3.8) is 0 Å². The molecule has 5 nitrogen and oxygen atoms in total. The quantitative estimate of drug-likeness (QED) is 0.708. The Balaban J connectivity index is 1.43. The lowest BCUT2D eigenvalue weighted by atomic mass is 9.92. The summed E-state index contributed by atoms with van der Waals surface area (Å²) in [5.41, 5.74) is 0.499. The van der Waals surface area contributed by atoms with Crippen molar-refractivity contribution in [2.24, 2.45) is 0 Å². The van der Waals surface area contributed by atoms with Crippen molar-refractivity contribution in [2.45, 2.75) is 25.0 Å². The first-order valence-corrected chi connectivity index (χ1v) is 10.0. The molecule has 3 rings (SSSR count). The van der Waals surface area contributed by atoms with Crippen LogP contribution in [0.4, 0.5) is 4.39 Å². The molecule has 1 saturated heterocycles. The monoisotopic (exact) mass is 420 g/mol. The molecule has 0 bridgehead atoms. The fourth-order valence-corrected chi connectivity index (χ4v) is 3.54. The van der Waals surface area contributed by atoms with E-state index in [2.05, 4.69) is 10.2 Å². The summed E-state index contributed by atoms with van der Waals surface area (Å²) in [5, 5.41) is 3.52. The summed E-state index contributed by atoms with van der Waals surface area (Å²) >= 11 is 6.00. The minimum atomic E-state index is -0.372. The number of amides is 1. The number of carbonyl (C=O) groups is 1. The van der Waals surface area contributed by atoms with E-state index in [0.717, 1.165) is 37.2 Å². The highest BCUT2D eigenvalue weighted by molar-refractivity contribution is 6.30. The van der Waals surface area contributed by atoms with E-state index in [1.807, 2.05) is 12.1 Å². The number of benzene rings is 2. The molecule has 0 unspecified atom stereocenters. The van der Waals surface area contributed by atoms with Crippen LogP contribution in [0.3, 0.4) is 0 Å². The van der Waals surface area contributed by atoms with Crippen molar-refractivity contribution in [2.75, 3.05) is 33.4 Å². The van der Waals surface area contributed by atoms with Gasteiger partial charge in [-0.25, -0.2) is 4.39 Å². The highest BCUT2D eigenvalue weighted by atomic mass is 35.5. The number of hydrogen-bond donors (Lipinski definition) is 1. The number of halogens is 2. The van der Waals surface area contributed by atoms with Crippen LogP contribution in [0.5, 0.6) is 5.75 Å². The van der Waals surface area contributed by atoms with E-state index >= 15 is 0 Å². The zero-order chi connectivity index (χ0) is 20.7. The van der Waals surface area contributed by atoms with Gasteiger partial charge in [0.15, 0.2) is 0 Å². The van der Waals surface area contributed by atoms with Gasteiger partial charge in [-0.1, -0.05) is 29.8 Å². The Bertz CT molecular complexity index is 808. The second kappa shape index (κ2) is 10.1. The highest BCUT2D eigenvalue weighted by Crippen LogP contribution is 2.27. The Kier molecular flexibility index (Phi) is 7.47. The molecule has 0 atom stereocenters. The Morgan fingerprint density at radius 3 is 2.59 bits per heavy atom. The molecule has 2 aromatic carbocycles. The molecule has 1 aliphatic rings. The Labute approximate surface area is 175 Å². The molecule has 156 valence electrons. The molecular formula is C22H26ClFN2O3. The molecule has 0 aliphatic carbocycles. The number of piperidine rings is 1. The first-order valence-electron chi connectivity index (χ1n) is 9.65. The lowest BCUT2D eigenvalue weighted by Crippen LogP contribution is -2.51. The zero-order valence-corrected chi connectivity index (χ0v) is 17.3. The van der Waals surface area contributed by atoms with E-state index in [-0.39, 0.29) is 17.3 Å². The van der Waals surface area contributed by atoms with Crippen molar-refractivity contribution in [1.29, 1.82) is 0 Å². The highest BCUT2D eigenvalue weighted by Gasteiger charge is 2.36. The minimum Gasteiger partial charge on any atom is -0.491 e. The van der Waals surface area contributed by atoms with Crippen LogP contribution in [-0.4, -0.2) is 49.8 Å². The van der Waals surface area contributed by atoms with E-state index in [9.17, 15) is 9.18 Å². The zero-order valence-electron chi connectivity index (χ0n) is 16.5. The van der Waals surface area contributed by atoms with E-state index in [1.165, 1.54) is 12.1 Å². The predicted molar refractivity (Wildman–Crippen MR) is 111 cm³/mol. The number of carbonyl (C=O) groups excluding carboxylic acids is 1. The van der Waals surface area contributed by atoms with Gasteiger partial charge in [0, 0.05) is 31.8 Å². The van der Waals surface area contributed by atoms with Crippen molar-refractivity contribution in [3.05, 3.63) is 64.9 Å². The normalized spacial score (nSPS) is 16.4. The van der Waals surface area contributed by atoms with E-state index < -0.39 is 0 Å². The van der Waals surface area contributed by atoms with Gasteiger partial charge < -0.3 is 14.8 Å². The Hall–Kier alpha value is -2.15. The van der Waals surface area contributed by atoms with Crippen LogP contribution in [0.1, 0.15) is 18.4 Å². The molecule has 1 heterocycles. The minimum absolute atomic E-state index is 0.0468. The van der Waals surface area contributed by atoms with Crippen molar-refractivity contribution in [1.82, 2.24) is 10.2 Å². The molecule has 2 aromatic rings. The standard InChI is InChI=1S/C22H26ClFN2O3/c1-28-22(16-29-20-4-2-3-18(23)13-20)9-11-26(12-10-22)15-21(27)25-14-17-5-7-19(24)8-6-17/h2-8,13H,9-12,14-16H2,1H3,(H,25,27). The molecule has 1 fully saturated rings. The number of nitrogens with zero attached hydrogens (tertiary/aromatic N) is 1. The van der Waals surface area contributed by atoms with Gasteiger partial charge in [0.2, 0.25) is 5.91 Å². The lowest BCUT2D eigenvalue weighted by molar-refractivity contribution is -0.125. The smallest absolute Gasteiger partial charge is 0.234 e. The predicted octanol–water partition coefficient (Wildman–Crippen LogP) is 3.66. The van der Waals surface area contributed by atoms with Gasteiger partial charge in [-0.3, -0.25) is 9.69 Å². The molecular weight excluding hydrogens is 395 g/mol. The summed E-state index contributed by atoms with van der Waals surface area (Å²) in [7, 11) is 1.70. The number of likely N-dealkylation sites (tertiary alicyclic amines) is 1. The van der Waals surface area contributed by atoms with Gasteiger partial charge >= 0.3 is 0 Å². The van der Waals surface area contributed by atoms with Crippen molar-refractivity contribution < 1.29 is 18.7 Å². The summed E-state index contributed by atoms with van der Waals surface area (Å²) in [6.07, 6.45) is 1.55. The van der Waals surface area contributed by atoms with Crippen LogP contribution >= 0.6 is 11.6 Å². The average molecular weight is 421 g/mol. The molecule has 29 heavy (non-hydrogen) atoms. The maximum atomic E-state index is 12.9. The third-order valence-corrected chi connectivity index (χ3v) is 5.50. The largest absolute Gasteiger partial charge is 0.491 e. The lowest BCUT2D eigenvalue weighted by Gasteiger charge is -2.40. The first-order chi connectivity index (χ1) is 14.0. The topological polar surface area (TPSA) is 50.8 Å². The molecule has 7 heteroatoms. The maximum Gasteiger partial charge on any atom is 0.234 e. The molecule has 1 amide bonds. The van der Waals surface area contributed by atoms with Crippen LogP contribution in [0.25, 0.3) is 0 Å². The van der Waals surface area contributed by atoms with Gasteiger partial charge in [0.05, 0.1) is 6.54 Å². The van der Waals surface area contributed by atoms with Crippen LogP contribution in [0.15, 0.2) is 48.5 Å². The third-order valence-electron chi connectivity index (χ3n) is 5.27. The Morgan fingerprint density at radius 2 is 1.93 bits per heavy atom. The number of rotatable bonds is 8. The van der Waals surface area contributed by atoms with Crippen LogP contribution < -0.4 is 10.1 Å². The second-order valence-electron chi connectivity index (χ2n) is 7.31. The molecule has 1 aliphatic heterocycles. The summed E-state index contributed by atoms with van der Waals surface area (Å²) < 4.78 is 24.6. The van der Waals surface area contributed by atoms with Crippen LogP contribution in [0, 0.1) is 5.82 Å². The van der Waals surface area contributed by atoms with Crippen LogP contribution in [-0.2, 0) is 16.1 Å². The van der Waals surface area contributed by atoms with E-state index in [1.54, 1.807) is 31.4 Å². The molecule has 1 N–H and O–H groups in total. The molecule has 0 aromatic heterocycles. The van der Waals surface area contributed by atoms with Crippen LogP contribution in [0.2, 0.25) is 5.02 Å². The summed E-state index contributed by atoms with van der Waals surface area (Å²) in [6, 6.07) is 13.4. The Morgan fingerprint density at radius 1 is 1.21 bits per heavy atom. The summed E-state index contributed by atoms with van der Waals surface area (Å²) in [6.45, 7) is 2.65. The van der Waals surface area contributed by atoms with Gasteiger partial charge in [-0.15, -0.1) is 0 Å². The molecule has 0 spiro atoms. The second-order valence-corrected chi connectivity index (χ2v) is 7.75. The fourth-order valence-electron chi connectivity index (χ4n) is 3.36. The van der Waals surface area contributed by atoms with Gasteiger partial charge in [-0.05, 0) is 48.7 Å². The molecule has 0 radical (unpaired) electrons. The molecule has 0 saturated carbocycles. The number of ether oxygens (including phenoxy) is 2. The maximum absolute atomic E-state index is 12.9. The van der Waals surface area contributed by atoms with Gasteiger partial charge in [0.25, 0.3) is 0 Å². The average Bonchev–Trinajstić information content (AvgIpc) is 2.73. The van der Waals surface area contributed by atoms with E-state index in [4.69, 9.17) is 21.1 Å². The van der Waals surface area contributed by atoms with Gasteiger partial charge in [-0.2, -0.15) is 0 Å². The number of hydrogen-bond acceptors (Lipinski definition) is 4. The van der Waals surface area contributed by atoms with Crippen molar-refractivity contribution in [3.8, 4) is 5.75 Å². The summed E-state index contributed by atoms with van der Waals surface area (Å²) in [5.74, 6) is 0.389. The number of nitrogens with one attached hydrogen (secondary N) is 1. The van der Waals surface area contributed by atoms with Crippen molar-refractivity contribution >= 4 is 17.5 Å². The SMILES string of the molecule is COC1(COc2cccc(Cl)c2)CCN(CC(=O)NCc2ccc(F)cc2)CC1. The van der Waals surface area contributed by atoms with E-state index in [0.29, 0.717) is 24.7 Å². The summed E-state index contributed by atoms with van der Waals surface area (Å²) in [4.78, 5) is 14.3. The third kappa shape index (κ3) is 6.42. The first kappa shape index (κ1) is 21.6. The fraction of sp³-hybridized carbons (Fsp3) is 0.409. The number of methoxy groups -OCH3 is 1. The van der Waals surface area contributed by atoms with Gasteiger partial charge in [0.1, 0.15) is 23.8 Å².